The van der Waals surface area contributed by atoms with Crippen molar-refractivity contribution >= 4 is 11.8 Å². The van der Waals surface area contributed by atoms with E-state index in [1.165, 1.54) is 5.56 Å². The number of nitrogens with zero attached hydrogens (tertiary/aromatic N) is 3. The van der Waals surface area contributed by atoms with Gasteiger partial charge in [0.1, 0.15) is 5.44 Å². The Labute approximate surface area is 116 Å². The molecule has 0 aliphatic carbocycles. The molecule has 1 aliphatic heterocycles. The van der Waals surface area contributed by atoms with Crippen LogP contribution >= 0.6 is 11.8 Å². The molecule has 1 saturated heterocycles. The summed E-state index contributed by atoms with van der Waals surface area (Å²) in [5.41, 5.74) is 9.64. The summed E-state index contributed by atoms with van der Waals surface area (Å²) in [6.45, 7) is 3.84. The molecule has 1 heterocycles. The molecule has 0 amide bonds. The number of hydrogen-bond acceptors (Lipinski definition) is 4. The molecule has 1 N–H and O–H groups in total. The van der Waals surface area contributed by atoms with E-state index in [9.17, 15) is 5.11 Å². The van der Waals surface area contributed by atoms with Crippen LogP contribution in [0.15, 0.2) is 34.3 Å². The number of aryl methyl sites for hydroxylation is 1. The fourth-order valence-electron chi connectivity index (χ4n) is 2.05. The van der Waals surface area contributed by atoms with E-state index in [0.717, 1.165) is 4.90 Å². The van der Waals surface area contributed by atoms with Crippen LogP contribution in [0.25, 0.3) is 10.4 Å². The lowest BCUT2D eigenvalue weighted by atomic mass is 10.0. The molecule has 4 atom stereocenters. The Morgan fingerprint density at radius 2 is 2.11 bits per heavy atom. The predicted molar refractivity (Wildman–Crippen MR) is 74.9 cm³/mol. The molecule has 102 valence electrons. The molecular formula is C13H17N3O2S. The van der Waals surface area contributed by atoms with Crippen molar-refractivity contribution in [3.63, 3.8) is 0 Å². The highest BCUT2D eigenvalue weighted by atomic mass is 32.2. The van der Waals surface area contributed by atoms with Crippen LogP contribution in [0.2, 0.25) is 0 Å². The van der Waals surface area contributed by atoms with Crippen LogP contribution in [0, 0.1) is 6.92 Å². The van der Waals surface area contributed by atoms with E-state index in [0.29, 0.717) is 6.42 Å². The maximum absolute atomic E-state index is 9.89. The maximum Gasteiger partial charge on any atom is 0.108 e. The summed E-state index contributed by atoms with van der Waals surface area (Å²) in [4.78, 5) is 3.91. The summed E-state index contributed by atoms with van der Waals surface area (Å²) in [5.74, 6) is 0. The summed E-state index contributed by atoms with van der Waals surface area (Å²) in [6, 6.07) is 7.77. The predicted octanol–water partition coefficient (Wildman–Crippen LogP) is 3.26. The minimum Gasteiger partial charge on any atom is -0.390 e. The largest absolute Gasteiger partial charge is 0.390 e. The molecule has 1 fully saturated rings. The van der Waals surface area contributed by atoms with Gasteiger partial charge in [0, 0.05) is 9.81 Å². The van der Waals surface area contributed by atoms with Gasteiger partial charge in [0.05, 0.1) is 18.2 Å². The van der Waals surface area contributed by atoms with Crippen molar-refractivity contribution in [1.82, 2.24) is 0 Å². The second kappa shape index (κ2) is 6.30. The van der Waals surface area contributed by atoms with E-state index in [-0.39, 0.29) is 11.5 Å². The van der Waals surface area contributed by atoms with Crippen molar-refractivity contribution in [2.75, 3.05) is 0 Å². The number of rotatable bonds is 3. The standard InChI is InChI=1S/C13H17N3O2S/c1-8-3-5-10(6-4-8)19-12-7-11(15-16-14)13(17)9(2)18-12/h3-6,9,11-13,17H,7H2,1-2H3/t9-,11+,12+,13-/m0/s1. The molecule has 0 bridgehead atoms. The van der Waals surface area contributed by atoms with Gasteiger partial charge >= 0.3 is 0 Å². The van der Waals surface area contributed by atoms with Gasteiger partial charge in [-0.3, -0.25) is 0 Å². The van der Waals surface area contributed by atoms with Crippen LogP contribution in [0.4, 0.5) is 0 Å². The van der Waals surface area contributed by atoms with Crippen molar-refractivity contribution in [3.05, 3.63) is 40.3 Å². The minimum absolute atomic E-state index is 0.100. The van der Waals surface area contributed by atoms with Crippen molar-refractivity contribution in [2.45, 2.75) is 48.8 Å². The fraction of sp³-hybridized carbons (Fsp3) is 0.538. The van der Waals surface area contributed by atoms with Crippen LogP contribution in [-0.4, -0.2) is 28.8 Å². The summed E-state index contributed by atoms with van der Waals surface area (Å²) in [6.07, 6.45) is -0.536. The molecule has 0 unspecified atom stereocenters. The first-order chi connectivity index (χ1) is 9.10. The van der Waals surface area contributed by atoms with Gasteiger partial charge in [0.25, 0.3) is 0 Å². The number of aliphatic hydroxyl groups is 1. The monoisotopic (exact) mass is 279 g/mol. The third-order valence-electron chi connectivity index (χ3n) is 3.16. The molecule has 0 saturated carbocycles. The molecule has 6 heteroatoms. The normalized spacial score (nSPS) is 30.7. The Kier molecular flexibility index (Phi) is 4.71. The molecular weight excluding hydrogens is 262 g/mol. The summed E-state index contributed by atoms with van der Waals surface area (Å²) < 4.78 is 5.74. The van der Waals surface area contributed by atoms with E-state index in [2.05, 4.69) is 10.0 Å². The SMILES string of the molecule is Cc1ccc(S[C@@H]2C[C@@H](N=[N+]=[N-])[C@@H](O)[C@H](C)O2)cc1. The van der Waals surface area contributed by atoms with Crippen LogP contribution < -0.4 is 0 Å². The lowest BCUT2D eigenvalue weighted by molar-refractivity contribution is -0.0866. The second-order valence-electron chi connectivity index (χ2n) is 4.70. The van der Waals surface area contributed by atoms with Crippen molar-refractivity contribution in [1.29, 1.82) is 0 Å². The molecule has 2 rings (SSSR count). The Hall–Kier alpha value is -1.20. The number of thioether (sulfide) groups is 1. The molecule has 5 nitrogen and oxygen atoms in total. The molecule has 19 heavy (non-hydrogen) atoms. The first kappa shape index (κ1) is 14.2. The second-order valence-corrected chi connectivity index (χ2v) is 5.93. The maximum atomic E-state index is 9.89. The number of benzene rings is 1. The van der Waals surface area contributed by atoms with Crippen molar-refractivity contribution in [3.8, 4) is 0 Å². The molecule has 0 spiro atoms. The summed E-state index contributed by atoms with van der Waals surface area (Å²) in [5, 5.41) is 13.5. The van der Waals surface area contributed by atoms with E-state index in [1.54, 1.807) is 18.7 Å². The number of azide groups is 1. The van der Waals surface area contributed by atoms with Gasteiger partial charge in [-0.25, -0.2) is 0 Å². The zero-order valence-corrected chi connectivity index (χ0v) is 11.7. The molecule has 0 aromatic heterocycles. The lowest BCUT2D eigenvalue weighted by Crippen LogP contribution is -2.44. The third kappa shape index (κ3) is 3.64. The Morgan fingerprint density at radius 1 is 1.42 bits per heavy atom. The average Bonchev–Trinajstić information content (AvgIpc) is 2.38. The van der Waals surface area contributed by atoms with E-state index < -0.39 is 12.1 Å². The third-order valence-corrected chi connectivity index (χ3v) is 4.27. The summed E-state index contributed by atoms with van der Waals surface area (Å²) >= 11 is 1.59. The van der Waals surface area contributed by atoms with Gasteiger partial charge in [0.2, 0.25) is 0 Å². The lowest BCUT2D eigenvalue weighted by Gasteiger charge is -2.35. The van der Waals surface area contributed by atoms with Gasteiger partial charge < -0.3 is 9.84 Å². The van der Waals surface area contributed by atoms with Crippen LogP contribution in [0.3, 0.4) is 0 Å². The summed E-state index contributed by atoms with van der Waals surface area (Å²) in [7, 11) is 0. The number of ether oxygens (including phenoxy) is 1. The zero-order valence-electron chi connectivity index (χ0n) is 10.9. The molecule has 1 aliphatic rings. The number of hydrogen-bond donors (Lipinski definition) is 1. The topological polar surface area (TPSA) is 78.2 Å². The zero-order chi connectivity index (χ0) is 13.8. The quantitative estimate of drug-likeness (QED) is 0.524. The first-order valence-corrected chi connectivity index (χ1v) is 7.09. The fourth-order valence-corrected chi connectivity index (χ4v) is 3.17. The van der Waals surface area contributed by atoms with Crippen LogP contribution in [0.1, 0.15) is 18.9 Å². The highest BCUT2D eigenvalue weighted by Crippen LogP contribution is 2.34. The Bertz CT molecular complexity index is 473. The molecule has 1 aromatic rings. The Balaban J connectivity index is 2.04. The van der Waals surface area contributed by atoms with E-state index in [4.69, 9.17) is 10.3 Å². The molecule has 1 aromatic carbocycles. The average molecular weight is 279 g/mol. The van der Waals surface area contributed by atoms with Gasteiger partial charge in [-0.2, -0.15) is 0 Å². The van der Waals surface area contributed by atoms with Crippen molar-refractivity contribution < 1.29 is 9.84 Å². The highest BCUT2D eigenvalue weighted by molar-refractivity contribution is 7.99. The van der Waals surface area contributed by atoms with Gasteiger partial charge in [-0.1, -0.05) is 34.6 Å². The van der Waals surface area contributed by atoms with E-state index >= 15 is 0 Å². The van der Waals surface area contributed by atoms with Crippen molar-refractivity contribution in [2.24, 2.45) is 5.11 Å². The van der Waals surface area contributed by atoms with Gasteiger partial charge in [-0.15, -0.1) is 0 Å². The van der Waals surface area contributed by atoms with Crippen LogP contribution in [0.5, 0.6) is 0 Å². The van der Waals surface area contributed by atoms with Crippen LogP contribution in [-0.2, 0) is 4.74 Å². The first-order valence-electron chi connectivity index (χ1n) is 6.21. The van der Waals surface area contributed by atoms with Gasteiger partial charge in [0.15, 0.2) is 0 Å². The number of aliphatic hydroxyl groups excluding tert-OH is 1. The molecule has 0 radical (unpaired) electrons. The van der Waals surface area contributed by atoms with Gasteiger partial charge in [-0.05, 0) is 37.9 Å². The van der Waals surface area contributed by atoms with E-state index in [1.807, 2.05) is 31.2 Å². The smallest absolute Gasteiger partial charge is 0.108 e. The Morgan fingerprint density at radius 3 is 2.74 bits per heavy atom. The minimum atomic E-state index is -0.731. The highest BCUT2D eigenvalue weighted by Gasteiger charge is 2.35.